The number of nitrogens with zero attached hydrogens (tertiary/aromatic N) is 2. The third kappa shape index (κ3) is 2.75. The van der Waals surface area contributed by atoms with E-state index in [1.807, 2.05) is 4.90 Å². The molecule has 0 fully saturated rings. The predicted octanol–water partition coefficient (Wildman–Crippen LogP) is 2.96. The number of para-hydroxylation sites is 1. The van der Waals surface area contributed by atoms with Gasteiger partial charge >= 0.3 is 0 Å². The largest absolute Gasteiger partial charge is 0.356 e. The summed E-state index contributed by atoms with van der Waals surface area (Å²) in [6.07, 6.45) is 3.05. The van der Waals surface area contributed by atoms with E-state index in [9.17, 15) is 4.79 Å². The fourth-order valence-corrected chi connectivity index (χ4v) is 3.60. The van der Waals surface area contributed by atoms with Crippen LogP contribution in [0, 0.1) is 0 Å². The number of rotatable bonds is 4. The number of aromatic nitrogens is 1. The Kier molecular flexibility index (Phi) is 4.21. The SMILES string of the molecule is CC(=O)N1CCc2c([nH]c3ccccc23)C1CCCN(C)C. The van der Waals surface area contributed by atoms with Crippen molar-refractivity contribution in [1.29, 1.82) is 0 Å². The molecule has 0 saturated carbocycles. The van der Waals surface area contributed by atoms with E-state index in [2.05, 4.69) is 48.2 Å². The van der Waals surface area contributed by atoms with Gasteiger partial charge in [-0.25, -0.2) is 0 Å². The molecule has 1 atom stereocenters. The minimum absolute atomic E-state index is 0.180. The number of H-pyrrole nitrogens is 1. The summed E-state index contributed by atoms with van der Waals surface area (Å²) < 4.78 is 0. The van der Waals surface area contributed by atoms with Gasteiger partial charge in [0, 0.05) is 30.1 Å². The van der Waals surface area contributed by atoms with Gasteiger partial charge in [0.25, 0.3) is 0 Å². The molecule has 1 aliphatic heterocycles. The molecule has 0 aliphatic carbocycles. The number of carbonyl (C=O) groups is 1. The molecule has 0 bridgehead atoms. The summed E-state index contributed by atoms with van der Waals surface area (Å²) in [5.74, 6) is 0.180. The Morgan fingerprint density at radius 1 is 1.36 bits per heavy atom. The number of amides is 1. The monoisotopic (exact) mass is 299 g/mol. The number of fused-ring (bicyclic) bond motifs is 3. The Balaban J connectivity index is 1.94. The molecule has 118 valence electrons. The molecule has 2 heterocycles. The van der Waals surface area contributed by atoms with Crippen LogP contribution < -0.4 is 0 Å². The van der Waals surface area contributed by atoms with Gasteiger partial charge in [-0.3, -0.25) is 4.79 Å². The Morgan fingerprint density at radius 3 is 2.86 bits per heavy atom. The summed E-state index contributed by atoms with van der Waals surface area (Å²) in [6.45, 7) is 3.57. The zero-order chi connectivity index (χ0) is 15.7. The minimum atomic E-state index is 0.180. The van der Waals surface area contributed by atoms with Crippen LogP contribution in [0.25, 0.3) is 10.9 Å². The highest BCUT2D eigenvalue weighted by molar-refractivity contribution is 5.86. The number of benzene rings is 1. The smallest absolute Gasteiger partial charge is 0.220 e. The first kappa shape index (κ1) is 15.1. The maximum absolute atomic E-state index is 12.0. The Hall–Kier alpha value is -1.81. The quantitative estimate of drug-likeness (QED) is 0.943. The lowest BCUT2D eigenvalue weighted by atomic mass is 9.94. The van der Waals surface area contributed by atoms with E-state index < -0.39 is 0 Å². The Morgan fingerprint density at radius 2 is 2.14 bits per heavy atom. The van der Waals surface area contributed by atoms with Gasteiger partial charge in [0.15, 0.2) is 0 Å². The van der Waals surface area contributed by atoms with Gasteiger partial charge in [0.05, 0.1) is 6.04 Å². The third-order valence-corrected chi connectivity index (χ3v) is 4.65. The molecule has 4 heteroatoms. The summed E-state index contributed by atoms with van der Waals surface area (Å²) in [5, 5.41) is 1.32. The molecule has 1 aromatic carbocycles. The number of hydrogen-bond donors (Lipinski definition) is 1. The number of carbonyl (C=O) groups excluding carboxylic acids is 1. The van der Waals surface area contributed by atoms with Gasteiger partial charge < -0.3 is 14.8 Å². The van der Waals surface area contributed by atoms with Crippen LogP contribution in [0.2, 0.25) is 0 Å². The number of nitrogens with one attached hydrogen (secondary N) is 1. The fraction of sp³-hybridized carbons (Fsp3) is 0.500. The van der Waals surface area contributed by atoms with Crippen LogP contribution in [0.4, 0.5) is 0 Å². The molecule has 22 heavy (non-hydrogen) atoms. The molecule has 1 amide bonds. The fourth-order valence-electron chi connectivity index (χ4n) is 3.60. The summed E-state index contributed by atoms with van der Waals surface area (Å²) in [6, 6.07) is 8.66. The summed E-state index contributed by atoms with van der Waals surface area (Å²) in [7, 11) is 4.19. The van der Waals surface area contributed by atoms with Crippen LogP contribution in [0.3, 0.4) is 0 Å². The lowest BCUT2D eigenvalue weighted by Crippen LogP contribution is -2.39. The predicted molar refractivity (Wildman–Crippen MR) is 89.9 cm³/mol. The molecular weight excluding hydrogens is 274 g/mol. The van der Waals surface area contributed by atoms with Gasteiger partial charge in [-0.05, 0) is 51.5 Å². The Bertz CT molecular complexity index is 674. The van der Waals surface area contributed by atoms with Gasteiger partial charge in [-0.15, -0.1) is 0 Å². The van der Waals surface area contributed by atoms with Crippen molar-refractivity contribution in [3.8, 4) is 0 Å². The average Bonchev–Trinajstić information content (AvgIpc) is 2.85. The molecule has 3 rings (SSSR count). The average molecular weight is 299 g/mol. The maximum Gasteiger partial charge on any atom is 0.220 e. The van der Waals surface area contributed by atoms with Crippen molar-refractivity contribution in [3.05, 3.63) is 35.5 Å². The van der Waals surface area contributed by atoms with E-state index in [1.165, 1.54) is 22.2 Å². The van der Waals surface area contributed by atoms with Gasteiger partial charge in [0.1, 0.15) is 0 Å². The van der Waals surface area contributed by atoms with Gasteiger partial charge in [-0.2, -0.15) is 0 Å². The molecule has 1 aromatic heterocycles. The van der Waals surface area contributed by atoms with E-state index in [0.717, 1.165) is 32.4 Å². The topological polar surface area (TPSA) is 39.3 Å². The first-order valence-electron chi connectivity index (χ1n) is 8.09. The molecule has 1 aliphatic rings. The Labute approximate surface area is 132 Å². The standard InChI is InChI=1S/C18H25N3O/c1-13(22)21-12-10-15-14-7-4-5-8-16(14)19-18(15)17(21)9-6-11-20(2)3/h4-5,7-8,17,19H,6,9-12H2,1-3H3. The summed E-state index contributed by atoms with van der Waals surface area (Å²) in [4.78, 5) is 19.9. The maximum atomic E-state index is 12.0. The molecule has 0 radical (unpaired) electrons. The van der Waals surface area contributed by atoms with Crippen molar-refractivity contribution in [2.24, 2.45) is 0 Å². The van der Waals surface area contributed by atoms with Crippen molar-refractivity contribution < 1.29 is 4.79 Å². The highest BCUT2D eigenvalue weighted by atomic mass is 16.2. The van der Waals surface area contributed by atoms with Gasteiger partial charge in [0.2, 0.25) is 5.91 Å². The van der Waals surface area contributed by atoms with E-state index >= 15 is 0 Å². The molecular formula is C18H25N3O. The van der Waals surface area contributed by atoms with Crippen molar-refractivity contribution in [2.45, 2.75) is 32.2 Å². The highest BCUT2D eigenvalue weighted by Crippen LogP contribution is 2.36. The third-order valence-electron chi connectivity index (χ3n) is 4.65. The van der Waals surface area contributed by atoms with Crippen LogP contribution in [0.5, 0.6) is 0 Å². The molecule has 1 N–H and O–H groups in total. The van der Waals surface area contributed by atoms with E-state index in [1.54, 1.807) is 6.92 Å². The highest BCUT2D eigenvalue weighted by Gasteiger charge is 2.31. The van der Waals surface area contributed by atoms with Crippen molar-refractivity contribution in [2.75, 3.05) is 27.2 Å². The second-order valence-electron chi connectivity index (χ2n) is 6.49. The zero-order valence-corrected chi connectivity index (χ0v) is 13.7. The lowest BCUT2D eigenvalue weighted by molar-refractivity contribution is -0.132. The molecule has 1 unspecified atom stereocenters. The lowest BCUT2D eigenvalue weighted by Gasteiger charge is -2.35. The van der Waals surface area contributed by atoms with Crippen LogP contribution >= 0.6 is 0 Å². The number of aromatic amines is 1. The molecule has 0 saturated heterocycles. The first-order chi connectivity index (χ1) is 10.6. The summed E-state index contributed by atoms with van der Waals surface area (Å²) in [5.41, 5.74) is 3.85. The second-order valence-corrected chi connectivity index (χ2v) is 6.49. The second kappa shape index (κ2) is 6.13. The van der Waals surface area contributed by atoms with E-state index in [4.69, 9.17) is 0 Å². The van der Waals surface area contributed by atoms with Crippen LogP contribution in [-0.2, 0) is 11.2 Å². The minimum Gasteiger partial charge on any atom is -0.356 e. The van der Waals surface area contributed by atoms with E-state index in [0.29, 0.717) is 0 Å². The number of hydrogen-bond acceptors (Lipinski definition) is 2. The zero-order valence-electron chi connectivity index (χ0n) is 13.7. The van der Waals surface area contributed by atoms with Crippen LogP contribution in [0.15, 0.2) is 24.3 Å². The molecule has 4 nitrogen and oxygen atoms in total. The first-order valence-corrected chi connectivity index (χ1v) is 8.09. The van der Waals surface area contributed by atoms with Crippen molar-refractivity contribution in [1.82, 2.24) is 14.8 Å². The van der Waals surface area contributed by atoms with Crippen molar-refractivity contribution in [3.63, 3.8) is 0 Å². The molecule has 2 aromatic rings. The molecule has 0 spiro atoms. The van der Waals surface area contributed by atoms with E-state index in [-0.39, 0.29) is 11.9 Å². The summed E-state index contributed by atoms with van der Waals surface area (Å²) >= 11 is 0. The van der Waals surface area contributed by atoms with Crippen LogP contribution in [-0.4, -0.2) is 47.9 Å². The van der Waals surface area contributed by atoms with Gasteiger partial charge in [-0.1, -0.05) is 18.2 Å². The van der Waals surface area contributed by atoms with Crippen LogP contribution in [0.1, 0.15) is 37.1 Å². The normalized spacial score (nSPS) is 18.0. The van der Waals surface area contributed by atoms with Crippen molar-refractivity contribution >= 4 is 16.8 Å².